The highest BCUT2D eigenvalue weighted by Gasteiger charge is 2.06. The third kappa shape index (κ3) is 3.67. The third-order valence-electron chi connectivity index (χ3n) is 1.72. The molecular weight excluding hydrogens is 214 g/mol. The molecular formula is C11H10F2N2O. The molecule has 84 valence electrons. The minimum atomic E-state index is -0.815. The standard InChI is InChI=1S/C11H10F2N2O/c1-2-5-14-7-11(16)15-10-4-3-8(12)6-9(10)13/h1,3-4,6,14H,5,7H2,(H,15,16). The first kappa shape index (κ1) is 12.1. The van der Waals surface area contributed by atoms with Crippen molar-refractivity contribution < 1.29 is 13.6 Å². The van der Waals surface area contributed by atoms with E-state index in [1.807, 2.05) is 0 Å². The van der Waals surface area contributed by atoms with E-state index in [1.165, 1.54) is 0 Å². The predicted molar refractivity (Wildman–Crippen MR) is 56.7 cm³/mol. The topological polar surface area (TPSA) is 41.1 Å². The number of nitrogens with one attached hydrogen (secondary N) is 2. The second kappa shape index (κ2) is 5.83. The van der Waals surface area contributed by atoms with Gasteiger partial charge in [-0.1, -0.05) is 5.92 Å². The average Bonchev–Trinajstić information content (AvgIpc) is 2.23. The van der Waals surface area contributed by atoms with Gasteiger partial charge in [0.25, 0.3) is 0 Å². The van der Waals surface area contributed by atoms with E-state index in [2.05, 4.69) is 16.6 Å². The zero-order chi connectivity index (χ0) is 12.0. The lowest BCUT2D eigenvalue weighted by Crippen LogP contribution is -2.28. The van der Waals surface area contributed by atoms with Crippen LogP contribution in [0.25, 0.3) is 0 Å². The van der Waals surface area contributed by atoms with Crippen LogP contribution in [-0.2, 0) is 4.79 Å². The number of benzene rings is 1. The molecule has 3 nitrogen and oxygen atoms in total. The van der Waals surface area contributed by atoms with Crippen LogP contribution in [-0.4, -0.2) is 19.0 Å². The largest absolute Gasteiger partial charge is 0.322 e. The number of amides is 1. The van der Waals surface area contributed by atoms with Crippen molar-refractivity contribution in [3.63, 3.8) is 0 Å². The fraction of sp³-hybridized carbons (Fsp3) is 0.182. The van der Waals surface area contributed by atoms with E-state index in [1.54, 1.807) is 0 Å². The van der Waals surface area contributed by atoms with Crippen LogP contribution < -0.4 is 10.6 Å². The van der Waals surface area contributed by atoms with Gasteiger partial charge in [0.2, 0.25) is 5.91 Å². The molecule has 1 rings (SSSR count). The molecule has 2 N–H and O–H groups in total. The van der Waals surface area contributed by atoms with Gasteiger partial charge in [0.15, 0.2) is 0 Å². The summed E-state index contributed by atoms with van der Waals surface area (Å²) in [6.45, 7) is 0.223. The Hall–Kier alpha value is -1.93. The highest BCUT2D eigenvalue weighted by Crippen LogP contribution is 2.14. The van der Waals surface area contributed by atoms with Gasteiger partial charge in [-0.2, -0.15) is 0 Å². The minimum Gasteiger partial charge on any atom is -0.322 e. The van der Waals surface area contributed by atoms with Crippen LogP contribution in [0.1, 0.15) is 0 Å². The molecule has 0 unspecified atom stereocenters. The maximum Gasteiger partial charge on any atom is 0.238 e. The predicted octanol–water partition coefficient (Wildman–Crippen LogP) is 1.13. The smallest absolute Gasteiger partial charge is 0.238 e. The summed E-state index contributed by atoms with van der Waals surface area (Å²) in [5, 5.41) is 4.93. The van der Waals surface area contributed by atoms with E-state index >= 15 is 0 Å². The zero-order valence-electron chi connectivity index (χ0n) is 8.39. The molecule has 0 radical (unpaired) electrons. The first-order valence-corrected chi connectivity index (χ1v) is 4.52. The molecule has 0 fully saturated rings. The number of hydrogen-bond acceptors (Lipinski definition) is 2. The maximum atomic E-state index is 13.1. The third-order valence-corrected chi connectivity index (χ3v) is 1.72. The van der Waals surface area contributed by atoms with Crippen LogP contribution >= 0.6 is 0 Å². The summed E-state index contributed by atoms with van der Waals surface area (Å²) in [4.78, 5) is 11.2. The van der Waals surface area contributed by atoms with Gasteiger partial charge in [0.1, 0.15) is 11.6 Å². The molecule has 0 aliphatic carbocycles. The van der Waals surface area contributed by atoms with E-state index in [0.717, 1.165) is 12.1 Å². The fourth-order valence-corrected chi connectivity index (χ4v) is 1.03. The quantitative estimate of drug-likeness (QED) is 0.594. The van der Waals surface area contributed by atoms with Gasteiger partial charge in [-0.15, -0.1) is 6.42 Å². The normalized spacial score (nSPS) is 9.56. The van der Waals surface area contributed by atoms with Gasteiger partial charge in [0, 0.05) is 6.07 Å². The minimum absolute atomic E-state index is 0.0268. The molecule has 0 aromatic heterocycles. The Bertz CT molecular complexity index is 426. The average molecular weight is 224 g/mol. The molecule has 0 aliphatic rings. The van der Waals surface area contributed by atoms with Gasteiger partial charge < -0.3 is 5.32 Å². The summed E-state index contributed by atoms with van der Waals surface area (Å²) in [5.74, 6) is 0.339. The highest BCUT2D eigenvalue weighted by atomic mass is 19.1. The first-order valence-electron chi connectivity index (χ1n) is 4.52. The summed E-state index contributed by atoms with van der Waals surface area (Å²) in [6.07, 6.45) is 4.96. The molecule has 1 aromatic rings. The fourth-order valence-electron chi connectivity index (χ4n) is 1.03. The van der Waals surface area contributed by atoms with Crippen LogP contribution in [0.2, 0.25) is 0 Å². The van der Waals surface area contributed by atoms with Crippen molar-refractivity contribution in [2.24, 2.45) is 0 Å². The number of carbonyl (C=O) groups is 1. The summed E-state index contributed by atoms with van der Waals surface area (Å²) in [6, 6.07) is 2.92. The van der Waals surface area contributed by atoms with Crippen molar-refractivity contribution in [2.75, 3.05) is 18.4 Å². The molecule has 1 aromatic carbocycles. The molecule has 0 aliphatic heterocycles. The lowest BCUT2D eigenvalue weighted by atomic mass is 10.3. The number of hydrogen-bond donors (Lipinski definition) is 2. The zero-order valence-corrected chi connectivity index (χ0v) is 8.39. The molecule has 0 saturated heterocycles. The van der Waals surface area contributed by atoms with Gasteiger partial charge in [-0.3, -0.25) is 10.1 Å². The second-order valence-electron chi connectivity index (χ2n) is 2.98. The second-order valence-corrected chi connectivity index (χ2v) is 2.98. The van der Waals surface area contributed by atoms with Crippen LogP contribution in [0.4, 0.5) is 14.5 Å². The lowest BCUT2D eigenvalue weighted by molar-refractivity contribution is -0.115. The Balaban J connectivity index is 2.53. The van der Waals surface area contributed by atoms with Gasteiger partial charge in [-0.25, -0.2) is 8.78 Å². The van der Waals surface area contributed by atoms with Crippen LogP contribution in [0.5, 0.6) is 0 Å². The molecule has 0 bridgehead atoms. The first-order chi connectivity index (χ1) is 7.63. The Morgan fingerprint density at radius 3 is 2.81 bits per heavy atom. The van der Waals surface area contributed by atoms with Gasteiger partial charge in [0.05, 0.1) is 18.8 Å². The highest BCUT2D eigenvalue weighted by molar-refractivity contribution is 5.92. The monoisotopic (exact) mass is 224 g/mol. The SMILES string of the molecule is C#CCNCC(=O)Nc1ccc(F)cc1F. The van der Waals surface area contributed by atoms with Crippen LogP contribution in [0, 0.1) is 24.0 Å². The van der Waals surface area contributed by atoms with Crippen molar-refractivity contribution in [1.82, 2.24) is 5.32 Å². The van der Waals surface area contributed by atoms with E-state index < -0.39 is 17.5 Å². The Morgan fingerprint density at radius 1 is 1.44 bits per heavy atom. The van der Waals surface area contributed by atoms with Crippen LogP contribution in [0.15, 0.2) is 18.2 Å². The van der Waals surface area contributed by atoms with Gasteiger partial charge in [-0.05, 0) is 12.1 Å². The summed E-state index contributed by atoms with van der Waals surface area (Å²) in [5.41, 5.74) is -0.0612. The molecule has 5 heteroatoms. The Labute approximate surface area is 91.8 Å². The number of halogens is 2. The van der Waals surface area contributed by atoms with E-state index in [4.69, 9.17) is 6.42 Å². The Kier molecular flexibility index (Phi) is 4.42. The summed E-state index contributed by atoms with van der Waals surface area (Å²) < 4.78 is 25.6. The molecule has 16 heavy (non-hydrogen) atoms. The van der Waals surface area contributed by atoms with E-state index in [9.17, 15) is 13.6 Å². The number of carbonyl (C=O) groups excluding carboxylic acids is 1. The van der Waals surface area contributed by atoms with Crippen molar-refractivity contribution in [2.45, 2.75) is 0 Å². The molecule has 0 spiro atoms. The maximum absolute atomic E-state index is 13.1. The molecule has 0 heterocycles. The lowest BCUT2D eigenvalue weighted by Gasteiger charge is -2.06. The molecule has 1 amide bonds. The van der Waals surface area contributed by atoms with E-state index in [0.29, 0.717) is 6.07 Å². The van der Waals surface area contributed by atoms with E-state index in [-0.39, 0.29) is 18.8 Å². The molecule has 0 atom stereocenters. The van der Waals surface area contributed by atoms with Crippen molar-refractivity contribution in [3.8, 4) is 12.3 Å². The number of terminal acetylenes is 1. The van der Waals surface area contributed by atoms with Crippen molar-refractivity contribution >= 4 is 11.6 Å². The number of rotatable bonds is 4. The van der Waals surface area contributed by atoms with Crippen molar-refractivity contribution in [1.29, 1.82) is 0 Å². The summed E-state index contributed by atoms with van der Waals surface area (Å²) in [7, 11) is 0. The van der Waals surface area contributed by atoms with Gasteiger partial charge >= 0.3 is 0 Å². The number of anilines is 1. The molecule has 0 saturated carbocycles. The van der Waals surface area contributed by atoms with Crippen LogP contribution in [0.3, 0.4) is 0 Å². The Morgan fingerprint density at radius 2 is 2.19 bits per heavy atom. The summed E-state index contributed by atoms with van der Waals surface area (Å²) >= 11 is 0. The van der Waals surface area contributed by atoms with Crippen molar-refractivity contribution in [3.05, 3.63) is 29.8 Å².